The SMILES string of the molecule is CC(C)(C)OC(=O)NCCCCCCC1(CCCCCCNC(=O)OC(C)(C)C)c2cc(B3OC(C)(C)C(C)(C)O3)ccc2-c2ccc(B3OC(C)(C)C(C)(C)O3)cc21. The summed E-state index contributed by atoms with van der Waals surface area (Å²) in [6, 6.07) is 13.6. The highest BCUT2D eigenvalue weighted by molar-refractivity contribution is 6.62. The summed E-state index contributed by atoms with van der Waals surface area (Å²) in [5.41, 5.74) is 4.10. The molecule has 10 nitrogen and oxygen atoms in total. The van der Waals surface area contributed by atoms with Gasteiger partial charge >= 0.3 is 26.4 Å². The molecule has 1 aliphatic carbocycles. The van der Waals surface area contributed by atoms with E-state index in [9.17, 15) is 9.59 Å². The second kappa shape index (κ2) is 17.7. The van der Waals surface area contributed by atoms with E-state index in [4.69, 9.17) is 28.1 Å². The summed E-state index contributed by atoms with van der Waals surface area (Å²) < 4.78 is 37.3. The zero-order chi connectivity index (χ0) is 43.7. The highest BCUT2D eigenvalue weighted by atomic mass is 16.7. The van der Waals surface area contributed by atoms with Crippen molar-refractivity contribution in [3.8, 4) is 11.1 Å². The molecule has 2 saturated heterocycles. The van der Waals surface area contributed by atoms with Crippen molar-refractivity contribution in [3.05, 3.63) is 47.5 Å². The number of benzene rings is 2. The van der Waals surface area contributed by atoms with Gasteiger partial charge in [0.15, 0.2) is 0 Å². The summed E-state index contributed by atoms with van der Waals surface area (Å²) in [6.45, 7) is 29.2. The van der Waals surface area contributed by atoms with Gasteiger partial charge in [0.1, 0.15) is 11.2 Å². The molecule has 2 heterocycles. The predicted molar refractivity (Wildman–Crippen MR) is 239 cm³/mol. The largest absolute Gasteiger partial charge is 0.494 e. The van der Waals surface area contributed by atoms with Crippen LogP contribution in [0, 0.1) is 0 Å². The number of carbonyl (C=O) groups excluding carboxylic acids is 2. The van der Waals surface area contributed by atoms with Crippen LogP contribution in [-0.2, 0) is 33.5 Å². The zero-order valence-corrected chi connectivity index (χ0v) is 38.9. The van der Waals surface area contributed by atoms with E-state index in [1.54, 1.807) is 0 Å². The van der Waals surface area contributed by atoms with Gasteiger partial charge in [0.25, 0.3) is 0 Å². The number of fused-ring (bicyclic) bond motifs is 3. The van der Waals surface area contributed by atoms with Crippen LogP contribution < -0.4 is 21.6 Å². The number of amides is 2. The first-order valence-electron chi connectivity index (χ1n) is 22.2. The number of unbranched alkanes of at least 4 members (excludes halogenated alkanes) is 6. The number of ether oxygens (including phenoxy) is 2. The summed E-state index contributed by atoms with van der Waals surface area (Å²) in [7, 11) is -0.941. The van der Waals surface area contributed by atoms with Gasteiger partial charge in [-0.05, 0) is 156 Å². The zero-order valence-electron chi connectivity index (χ0n) is 38.9. The molecule has 0 unspecified atom stereocenters. The molecule has 3 aliphatic rings. The Hall–Kier alpha value is -3.05. The number of alkyl carbamates (subject to hydrolysis) is 2. The van der Waals surface area contributed by atoms with Crippen LogP contribution in [0.15, 0.2) is 36.4 Å². The molecule has 2 aromatic rings. The third kappa shape index (κ3) is 11.3. The Morgan fingerprint density at radius 2 is 0.847 bits per heavy atom. The Bertz CT molecular complexity index is 1630. The lowest BCUT2D eigenvalue weighted by molar-refractivity contribution is 0.00578. The fraction of sp³-hybridized carbons (Fsp3) is 0.702. The van der Waals surface area contributed by atoms with E-state index in [1.165, 1.54) is 22.3 Å². The summed E-state index contributed by atoms with van der Waals surface area (Å²) in [4.78, 5) is 24.5. The number of hydrogen-bond acceptors (Lipinski definition) is 8. The van der Waals surface area contributed by atoms with Gasteiger partial charge < -0.3 is 38.7 Å². The molecule has 2 aromatic carbocycles. The van der Waals surface area contributed by atoms with E-state index >= 15 is 0 Å². The second-order valence-corrected chi connectivity index (χ2v) is 21.1. The molecule has 326 valence electrons. The Labute approximate surface area is 356 Å². The first-order valence-corrected chi connectivity index (χ1v) is 22.2. The van der Waals surface area contributed by atoms with Crippen LogP contribution in [-0.4, -0.2) is 73.1 Å². The molecule has 0 aromatic heterocycles. The van der Waals surface area contributed by atoms with Gasteiger partial charge in [-0.25, -0.2) is 9.59 Å². The lowest BCUT2D eigenvalue weighted by atomic mass is 9.67. The monoisotopic (exact) mass is 817 g/mol. The molecule has 2 fully saturated rings. The molecule has 0 spiro atoms. The molecule has 2 amide bonds. The van der Waals surface area contributed by atoms with Crippen LogP contribution in [0.25, 0.3) is 11.1 Å². The van der Waals surface area contributed by atoms with Gasteiger partial charge in [-0.1, -0.05) is 74.9 Å². The van der Waals surface area contributed by atoms with E-state index in [1.807, 2.05) is 41.5 Å². The molecule has 0 saturated carbocycles. The maximum Gasteiger partial charge on any atom is 0.494 e. The van der Waals surface area contributed by atoms with E-state index in [0.29, 0.717) is 13.1 Å². The molecule has 0 atom stereocenters. The third-order valence-electron chi connectivity index (χ3n) is 12.9. The molecule has 12 heteroatoms. The average Bonchev–Trinajstić information content (AvgIpc) is 3.59. The van der Waals surface area contributed by atoms with Crippen LogP contribution in [0.4, 0.5) is 9.59 Å². The summed E-state index contributed by atoms with van der Waals surface area (Å²) >= 11 is 0. The fourth-order valence-electron chi connectivity index (χ4n) is 8.27. The normalized spacial score (nSPS) is 19.6. The smallest absolute Gasteiger partial charge is 0.444 e. The van der Waals surface area contributed by atoms with Crippen LogP contribution in [0.2, 0.25) is 0 Å². The lowest BCUT2D eigenvalue weighted by Gasteiger charge is -2.33. The van der Waals surface area contributed by atoms with Crippen molar-refractivity contribution in [2.45, 2.75) is 200 Å². The number of rotatable bonds is 16. The minimum absolute atomic E-state index is 0.270. The molecule has 2 aliphatic heterocycles. The first kappa shape index (κ1) is 47.0. The first-order chi connectivity index (χ1) is 27.3. The lowest BCUT2D eigenvalue weighted by Crippen LogP contribution is -2.41. The molecule has 5 rings (SSSR count). The van der Waals surface area contributed by atoms with E-state index in [2.05, 4.69) is 102 Å². The van der Waals surface area contributed by atoms with E-state index in [0.717, 1.165) is 75.1 Å². The predicted octanol–water partition coefficient (Wildman–Crippen LogP) is 9.50. The van der Waals surface area contributed by atoms with Gasteiger partial charge in [0, 0.05) is 18.5 Å². The van der Waals surface area contributed by atoms with Crippen molar-refractivity contribution in [2.75, 3.05) is 13.1 Å². The minimum Gasteiger partial charge on any atom is -0.444 e. The van der Waals surface area contributed by atoms with Crippen LogP contribution in [0.1, 0.15) is 172 Å². The Kier molecular flexibility index (Phi) is 14.1. The summed E-state index contributed by atoms with van der Waals surface area (Å²) in [6.07, 6.45) is 9.07. The van der Waals surface area contributed by atoms with E-state index < -0.39 is 47.8 Å². The Balaban J connectivity index is 1.42. The van der Waals surface area contributed by atoms with Gasteiger partial charge in [0.2, 0.25) is 0 Å². The Morgan fingerprint density at radius 3 is 1.17 bits per heavy atom. The van der Waals surface area contributed by atoms with Gasteiger partial charge in [0.05, 0.1) is 22.4 Å². The third-order valence-corrected chi connectivity index (χ3v) is 12.9. The maximum atomic E-state index is 12.3. The highest BCUT2D eigenvalue weighted by Crippen LogP contribution is 2.54. The van der Waals surface area contributed by atoms with Crippen molar-refractivity contribution >= 4 is 37.3 Å². The molecule has 0 radical (unpaired) electrons. The molecular formula is C47H74B2N2O8. The van der Waals surface area contributed by atoms with Crippen molar-refractivity contribution in [1.29, 1.82) is 0 Å². The van der Waals surface area contributed by atoms with Gasteiger partial charge in [-0.2, -0.15) is 0 Å². The molecule has 2 N–H and O–H groups in total. The molecule has 59 heavy (non-hydrogen) atoms. The maximum absolute atomic E-state index is 12.3. The average molecular weight is 817 g/mol. The number of carbonyl (C=O) groups is 2. The Morgan fingerprint density at radius 1 is 0.525 bits per heavy atom. The van der Waals surface area contributed by atoms with Crippen LogP contribution in [0.3, 0.4) is 0 Å². The van der Waals surface area contributed by atoms with Crippen molar-refractivity contribution in [1.82, 2.24) is 10.6 Å². The minimum atomic E-state index is -0.520. The van der Waals surface area contributed by atoms with E-state index in [-0.39, 0.29) is 17.6 Å². The topological polar surface area (TPSA) is 114 Å². The summed E-state index contributed by atoms with van der Waals surface area (Å²) in [5, 5.41) is 5.84. The van der Waals surface area contributed by atoms with Crippen molar-refractivity contribution in [2.24, 2.45) is 0 Å². The number of nitrogens with one attached hydrogen (secondary N) is 2. The van der Waals surface area contributed by atoms with Gasteiger partial charge in [-0.3, -0.25) is 0 Å². The molecule has 0 bridgehead atoms. The number of hydrogen-bond donors (Lipinski definition) is 2. The van der Waals surface area contributed by atoms with Crippen molar-refractivity contribution in [3.63, 3.8) is 0 Å². The van der Waals surface area contributed by atoms with Crippen molar-refractivity contribution < 1.29 is 37.7 Å². The van der Waals surface area contributed by atoms with Crippen LogP contribution in [0.5, 0.6) is 0 Å². The second-order valence-electron chi connectivity index (χ2n) is 21.1. The quantitative estimate of drug-likeness (QED) is 0.127. The van der Waals surface area contributed by atoms with Gasteiger partial charge in [-0.15, -0.1) is 0 Å². The summed E-state index contributed by atoms with van der Waals surface area (Å²) in [5.74, 6) is 0. The fourth-order valence-corrected chi connectivity index (χ4v) is 8.27. The standard InChI is InChI=1S/C47H74B2N2O8/c1-41(2,3)54-39(52)50-29-21-17-15-19-27-47(28-20-16-18-22-30-51-40(53)55-42(4,5)6)37-31-33(48-56-43(7,8)44(9,10)57-48)23-25-35(37)36-26-24-34(32-38(36)47)49-58-45(11,12)46(13,14)59-49/h23-26,31-32H,15-22,27-30H2,1-14H3,(H,50,52)(H,51,53). The highest BCUT2D eigenvalue weighted by Gasteiger charge is 2.54. The molecular weight excluding hydrogens is 742 g/mol. The van der Waals surface area contributed by atoms with Crippen LogP contribution >= 0.6 is 0 Å².